The van der Waals surface area contributed by atoms with E-state index in [-0.39, 0.29) is 0 Å². The molecule has 0 heterocycles. The summed E-state index contributed by atoms with van der Waals surface area (Å²) in [5, 5.41) is 0. The number of hydrogen-bond donors (Lipinski definition) is 0. The molecule has 2 aliphatic carbocycles. The number of hydrogen-bond acceptors (Lipinski definition) is 0. The zero-order valence-electron chi connectivity index (χ0n) is 7.68. The zero-order valence-corrected chi connectivity index (χ0v) is 7.68. The summed E-state index contributed by atoms with van der Waals surface area (Å²) in [5.41, 5.74) is 0. The van der Waals surface area contributed by atoms with Gasteiger partial charge in [0.1, 0.15) is 0 Å². The molecule has 0 radical (unpaired) electrons. The Morgan fingerprint density at radius 3 is 2.64 bits per heavy atom. The van der Waals surface area contributed by atoms with Gasteiger partial charge < -0.3 is 0 Å². The molecule has 0 N–H and O–H groups in total. The van der Waals surface area contributed by atoms with Crippen LogP contribution in [0.4, 0.5) is 0 Å². The first kappa shape index (κ1) is 7.64. The highest BCUT2D eigenvalue weighted by Crippen LogP contribution is 2.56. The first-order chi connectivity index (χ1) is 5.42. The lowest BCUT2D eigenvalue weighted by atomic mass is 10.1. The van der Waals surface area contributed by atoms with Gasteiger partial charge in [0, 0.05) is 0 Å². The van der Waals surface area contributed by atoms with Crippen LogP contribution in [0.15, 0.2) is 0 Å². The summed E-state index contributed by atoms with van der Waals surface area (Å²) in [5.74, 6) is 3.57. The van der Waals surface area contributed by atoms with Crippen LogP contribution in [0.25, 0.3) is 0 Å². The molecule has 0 aromatic heterocycles. The Labute approximate surface area is 70.4 Å². The van der Waals surface area contributed by atoms with E-state index >= 15 is 0 Å². The predicted octanol–water partition coefficient (Wildman–Crippen LogP) is 3.61. The van der Waals surface area contributed by atoms with Crippen molar-refractivity contribution in [2.45, 2.75) is 51.9 Å². The van der Waals surface area contributed by atoms with Crippen LogP contribution in [-0.2, 0) is 0 Å². The molecule has 0 aromatic rings. The molecule has 2 rings (SSSR count). The van der Waals surface area contributed by atoms with Crippen LogP contribution in [0, 0.1) is 17.8 Å². The van der Waals surface area contributed by atoms with Gasteiger partial charge in [-0.25, -0.2) is 0 Å². The lowest BCUT2D eigenvalue weighted by molar-refractivity contribution is 0.554. The van der Waals surface area contributed by atoms with Crippen LogP contribution in [0.1, 0.15) is 51.9 Å². The maximum Gasteiger partial charge on any atom is -0.0355 e. The van der Waals surface area contributed by atoms with Gasteiger partial charge in [-0.1, -0.05) is 32.6 Å². The van der Waals surface area contributed by atoms with Crippen molar-refractivity contribution in [2.24, 2.45) is 17.8 Å². The van der Waals surface area contributed by atoms with E-state index in [0.717, 1.165) is 0 Å². The molecule has 0 aromatic carbocycles. The second-order valence-corrected chi connectivity index (χ2v) is 4.49. The lowest BCUT2D eigenvalue weighted by Gasteiger charge is -1.96. The second kappa shape index (κ2) is 3.16. The Bertz CT molecular complexity index is 124. The highest BCUT2D eigenvalue weighted by Gasteiger charge is 2.46. The Morgan fingerprint density at radius 2 is 2.00 bits per heavy atom. The summed E-state index contributed by atoms with van der Waals surface area (Å²) in [6.45, 7) is 2.30. The molecule has 2 atom stereocenters. The minimum absolute atomic E-state index is 1.18. The summed E-state index contributed by atoms with van der Waals surface area (Å²) in [7, 11) is 0. The van der Waals surface area contributed by atoms with Crippen molar-refractivity contribution in [3.63, 3.8) is 0 Å². The number of rotatable bonds is 5. The molecule has 2 aliphatic rings. The maximum atomic E-state index is 2.30. The van der Waals surface area contributed by atoms with Crippen molar-refractivity contribution in [1.29, 1.82) is 0 Å². The first-order valence-corrected chi connectivity index (χ1v) is 5.42. The molecule has 0 saturated heterocycles. The van der Waals surface area contributed by atoms with Crippen molar-refractivity contribution in [3.05, 3.63) is 0 Å². The second-order valence-electron chi connectivity index (χ2n) is 4.49. The van der Waals surface area contributed by atoms with Crippen molar-refractivity contribution in [3.8, 4) is 0 Å². The Hall–Kier alpha value is 0. The fraction of sp³-hybridized carbons (Fsp3) is 1.00. The Balaban J connectivity index is 1.53. The third-order valence-corrected chi connectivity index (χ3v) is 3.38. The Kier molecular flexibility index (Phi) is 2.20. The van der Waals surface area contributed by atoms with Crippen molar-refractivity contribution < 1.29 is 0 Å². The number of unbranched alkanes of at least 4 members (excludes halogenated alkanes) is 2. The van der Waals surface area contributed by atoms with E-state index in [1.807, 2.05) is 0 Å². The minimum atomic E-state index is 1.18. The fourth-order valence-electron chi connectivity index (χ4n) is 2.36. The molecule has 0 bridgehead atoms. The van der Waals surface area contributed by atoms with Crippen LogP contribution in [0.2, 0.25) is 0 Å². The van der Waals surface area contributed by atoms with Gasteiger partial charge in [-0.05, 0) is 37.0 Å². The predicted molar refractivity (Wildman–Crippen MR) is 48.5 cm³/mol. The van der Waals surface area contributed by atoms with Crippen LogP contribution < -0.4 is 0 Å². The van der Waals surface area contributed by atoms with Crippen molar-refractivity contribution >= 4 is 0 Å². The molecule has 0 heteroatoms. The molecule has 0 aliphatic heterocycles. The summed E-state index contributed by atoms with van der Waals surface area (Å²) in [6, 6.07) is 0. The molecule has 0 amide bonds. The fourth-order valence-corrected chi connectivity index (χ4v) is 2.36. The van der Waals surface area contributed by atoms with E-state index in [2.05, 4.69) is 6.92 Å². The van der Waals surface area contributed by atoms with Gasteiger partial charge in [-0.3, -0.25) is 0 Å². The highest BCUT2D eigenvalue weighted by atomic mass is 14.5. The molecule has 0 nitrogen and oxygen atoms in total. The maximum absolute atomic E-state index is 2.30. The molecule has 0 spiro atoms. The van der Waals surface area contributed by atoms with Gasteiger partial charge in [-0.2, -0.15) is 0 Å². The van der Waals surface area contributed by atoms with Gasteiger partial charge in [0.25, 0.3) is 0 Å². The van der Waals surface area contributed by atoms with Gasteiger partial charge in [-0.15, -0.1) is 0 Å². The minimum Gasteiger partial charge on any atom is -0.0654 e. The van der Waals surface area contributed by atoms with Crippen molar-refractivity contribution in [1.82, 2.24) is 0 Å². The Morgan fingerprint density at radius 1 is 1.18 bits per heavy atom. The van der Waals surface area contributed by atoms with Crippen LogP contribution in [0.3, 0.4) is 0 Å². The molecular weight excluding hydrogens is 132 g/mol. The molecule has 11 heavy (non-hydrogen) atoms. The summed E-state index contributed by atoms with van der Waals surface area (Å²) in [6.07, 6.45) is 10.6. The molecule has 2 unspecified atom stereocenters. The van der Waals surface area contributed by atoms with Gasteiger partial charge in [0.05, 0.1) is 0 Å². The van der Waals surface area contributed by atoms with Crippen LogP contribution >= 0.6 is 0 Å². The van der Waals surface area contributed by atoms with E-state index in [9.17, 15) is 0 Å². The SMILES string of the molecule is CCCCCC1CC1C1CC1. The van der Waals surface area contributed by atoms with Crippen molar-refractivity contribution in [2.75, 3.05) is 0 Å². The monoisotopic (exact) mass is 152 g/mol. The standard InChI is InChI=1S/C11H20/c1-2-3-4-5-10-8-11(10)9-6-7-9/h9-11H,2-8H2,1H3. The average Bonchev–Trinajstić information content (AvgIpc) is 2.83. The summed E-state index contributed by atoms with van der Waals surface area (Å²) in [4.78, 5) is 0. The van der Waals surface area contributed by atoms with Gasteiger partial charge in [0.2, 0.25) is 0 Å². The quantitative estimate of drug-likeness (QED) is 0.528. The largest absolute Gasteiger partial charge is 0.0654 e. The molecule has 2 fully saturated rings. The third-order valence-electron chi connectivity index (χ3n) is 3.38. The normalized spacial score (nSPS) is 35.7. The third kappa shape index (κ3) is 1.98. The average molecular weight is 152 g/mol. The zero-order chi connectivity index (χ0) is 7.68. The van der Waals surface area contributed by atoms with Gasteiger partial charge >= 0.3 is 0 Å². The summed E-state index contributed by atoms with van der Waals surface area (Å²) < 4.78 is 0. The summed E-state index contributed by atoms with van der Waals surface area (Å²) >= 11 is 0. The topological polar surface area (TPSA) is 0 Å². The van der Waals surface area contributed by atoms with E-state index in [1.165, 1.54) is 37.0 Å². The van der Waals surface area contributed by atoms with E-state index in [1.54, 1.807) is 25.7 Å². The smallest absolute Gasteiger partial charge is 0.0355 e. The van der Waals surface area contributed by atoms with Gasteiger partial charge in [0.15, 0.2) is 0 Å². The van der Waals surface area contributed by atoms with E-state index in [0.29, 0.717) is 0 Å². The lowest BCUT2D eigenvalue weighted by Crippen LogP contribution is -1.85. The highest BCUT2D eigenvalue weighted by molar-refractivity contribution is 4.96. The molecule has 64 valence electrons. The van der Waals surface area contributed by atoms with E-state index in [4.69, 9.17) is 0 Å². The van der Waals surface area contributed by atoms with Crippen LogP contribution in [-0.4, -0.2) is 0 Å². The first-order valence-electron chi connectivity index (χ1n) is 5.42. The molecular formula is C11H20. The molecule has 2 saturated carbocycles. The van der Waals surface area contributed by atoms with Crippen LogP contribution in [0.5, 0.6) is 0 Å². The van der Waals surface area contributed by atoms with E-state index < -0.39 is 0 Å².